The van der Waals surface area contributed by atoms with Gasteiger partial charge in [-0.05, 0) is 48.2 Å². The summed E-state index contributed by atoms with van der Waals surface area (Å²) in [4.78, 5) is 19.5. The summed E-state index contributed by atoms with van der Waals surface area (Å²) in [6.07, 6.45) is 5.36. The van der Waals surface area contributed by atoms with Crippen molar-refractivity contribution in [2.75, 3.05) is 27.3 Å². The minimum atomic E-state index is -0.0939. The van der Waals surface area contributed by atoms with E-state index in [1.807, 2.05) is 41.8 Å². The van der Waals surface area contributed by atoms with Gasteiger partial charge in [0.25, 0.3) is 5.91 Å². The second-order valence-corrected chi connectivity index (χ2v) is 10.1. The quantitative estimate of drug-likeness (QED) is 0.232. The predicted octanol–water partition coefficient (Wildman–Crippen LogP) is 6.37. The maximum absolute atomic E-state index is 12.5. The lowest BCUT2D eigenvalue weighted by atomic mass is 10.1. The number of ether oxygens (including phenoxy) is 2. The molecule has 0 bridgehead atoms. The highest BCUT2D eigenvalue weighted by atomic mass is 35.5. The highest BCUT2D eigenvalue weighted by molar-refractivity contribution is 7.09. The lowest BCUT2D eigenvalue weighted by Crippen LogP contribution is -2.26. The van der Waals surface area contributed by atoms with Gasteiger partial charge in [-0.15, -0.1) is 11.3 Å². The number of thiazole rings is 1. The van der Waals surface area contributed by atoms with Gasteiger partial charge in [0, 0.05) is 30.0 Å². The van der Waals surface area contributed by atoms with Crippen LogP contribution >= 0.6 is 22.9 Å². The van der Waals surface area contributed by atoms with E-state index < -0.39 is 0 Å². The number of methoxy groups -OCH3 is 2. The third kappa shape index (κ3) is 8.80. The largest absolute Gasteiger partial charge is 0.493 e. The van der Waals surface area contributed by atoms with Crippen LogP contribution in [0.4, 0.5) is 0 Å². The Balaban J connectivity index is 1.65. The molecule has 1 heterocycles. The molecule has 0 fully saturated rings. The van der Waals surface area contributed by atoms with Crippen LogP contribution in [0.25, 0.3) is 0 Å². The summed E-state index contributed by atoms with van der Waals surface area (Å²) in [7, 11) is 3.29. The number of aromatic nitrogens is 1. The molecular weight excluding hydrogens is 494 g/mol. The molecule has 0 unspecified atom stereocenters. The molecule has 0 radical (unpaired) electrons. The van der Waals surface area contributed by atoms with Crippen molar-refractivity contribution in [3.05, 3.63) is 74.7 Å². The Labute approximate surface area is 223 Å². The third-order valence-corrected chi connectivity index (χ3v) is 7.03. The van der Waals surface area contributed by atoms with E-state index >= 15 is 0 Å². The molecule has 3 rings (SSSR count). The molecule has 8 heteroatoms. The van der Waals surface area contributed by atoms with Crippen molar-refractivity contribution in [2.24, 2.45) is 0 Å². The zero-order chi connectivity index (χ0) is 25.8. The summed E-state index contributed by atoms with van der Waals surface area (Å²) in [6, 6.07) is 13.9. The van der Waals surface area contributed by atoms with Crippen LogP contribution in [0.1, 0.15) is 59.2 Å². The first kappa shape index (κ1) is 28.0. The van der Waals surface area contributed by atoms with Gasteiger partial charge in [0.1, 0.15) is 10.7 Å². The van der Waals surface area contributed by atoms with Gasteiger partial charge < -0.3 is 14.8 Å². The molecule has 0 atom stereocenters. The SMILES string of the molecule is CCCCCCNC(=O)c1csc(CN(CCc2ccc(OC)c(OC)c2)Cc2ccc(Cl)cc2)n1. The molecule has 0 saturated carbocycles. The standard InChI is InChI=1S/C28H36ClN3O3S/c1-4-5-6-7-15-30-28(33)24-20-36-27(31-24)19-32(18-22-8-11-23(29)12-9-22)16-14-21-10-13-25(34-2)26(17-21)35-3/h8-13,17,20H,4-7,14-16,18-19H2,1-3H3,(H,30,33). The van der Waals surface area contributed by atoms with Gasteiger partial charge in [-0.2, -0.15) is 0 Å². The molecule has 3 aromatic rings. The van der Waals surface area contributed by atoms with E-state index in [-0.39, 0.29) is 5.91 Å². The van der Waals surface area contributed by atoms with E-state index in [4.69, 9.17) is 21.1 Å². The molecule has 0 spiro atoms. The van der Waals surface area contributed by atoms with E-state index in [2.05, 4.69) is 28.2 Å². The number of rotatable bonds is 15. The number of hydrogen-bond donors (Lipinski definition) is 1. The summed E-state index contributed by atoms with van der Waals surface area (Å²) in [5.74, 6) is 1.35. The zero-order valence-electron chi connectivity index (χ0n) is 21.4. The Bertz CT molecular complexity index is 1090. The van der Waals surface area contributed by atoms with E-state index in [0.29, 0.717) is 18.8 Å². The molecule has 36 heavy (non-hydrogen) atoms. The summed E-state index contributed by atoms with van der Waals surface area (Å²) >= 11 is 7.61. The second kappa shape index (κ2) is 14.8. The number of benzene rings is 2. The number of unbranched alkanes of at least 4 members (excludes halogenated alkanes) is 3. The Morgan fingerprint density at radius 2 is 1.75 bits per heavy atom. The minimum Gasteiger partial charge on any atom is -0.493 e. The molecule has 2 aromatic carbocycles. The predicted molar refractivity (Wildman–Crippen MR) is 147 cm³/mol. The number of nitrogens with one attached hydrogen (secondary N) is 1. The van der Waals surface area contributed by atoms with Gasteiger partial charge in [0.15, 0.2) is 11.5 Å². The average Bonchev–Trinajstić information content (AvgIpc) is 3.36. The van der Waals surface area contributed by atoms with Crippen LogP contribution in [0.3, 0.4) is 0 Å². The maximum atomic E-state index is 12.5. The van der Waals surface area contributed by atoms with E-state index in [0.717, 1.165) is 59.4 Å². The molecule has 1 amide bonds. The highest BCUT2D eigenvalue weighted by Gasteiger charge is 2.15. The topological polar surface area (TPSA) is 63.7 Å². The van der Waals surface area contributed by atoms with Gasteiger partial charge in [-0.25, -0.2) is 4.98 Å². The zero-order valence-corrected chi connectivity index (χ0v) is 23.0. The molecule has 1 N–H and O–H groups in total. The van der Waals surface area contributed by atoms with Crippen molar-refractivity contribution in [3.8, 4) is 11.5 Å². The van der Waals surface area contributed by atoms with E-state index in [1.54, 1.807) is 14.2 Å². The molecule has 194 valence electrons. The summed E-state index contributed by atoms with van der Waals surface area (Å²) in [6.45, 7) is 5.10. The summed E-state index contributed by atoms with van der Waals surface area (Å²) in [5.41, 5.74) is 2.83. The minimum absolute atomic E-state index is 0.0939. The van der Waals surface area contributed by atoms with Crippen LogP contribution in [0.5, 0.6) is 11.5 Å². The first-order chi connectivity index (χ1) is 17.5. The van der Waals surface area contributed by atoms with Crippen LogP contribution in [0, 0.1) is 0 Å². The van der Waals surface area contributed by atoms with Crippen molar-refractivity contribution in [1.82, 2.24) is 15.2 Å². The molecule has 0 aliphatic carbocycles. The first-order valence-corrected chi connectivity index (χ1v) is 13.7. The maximum Gasteiger partial charge on any atom is 0.270 e. The number of hydrogen-bond acceptors (Lipinski definition) is 6. The molecule has 1 aromatic heterocycles. The Hall–Kier alpha value is -2.61. The molecule has 0 saturated heterocycles. The monoisotopic (exact) mass is 529 g/mol. The van der Waals surface area contributed by atoms with Crippen molar-refractivity contribution in [1.29, 1.82) is 0 Å². The number of amides is 1. The number of nitrogens with zero attached hydrogens (tertiary/aromatic N) is 2. The van der Waals surface area contributed by atoms with Gasteiger partial charge >= 0.3 is 0 Å². The fraction of sp³-hybridized carbons (Fsp3) is 0.429. The molecular formula is C28H36ClN3O3S. The van der Waals surface area contributed by atoms with Crippen molar-refractivity contribution in [3.63, 3.8) is 0 Å². The number of halogens is 1. The lowest BCUT2D eigenvalue weighted by Gasteiger charge is -2.22. The van der Waals surface area contributed by atoms with Crippen LogP contribution in [-0.2, 0) is 19.5 Å². The normalized spacial score (nSPS) is 11.0. The van der Waals surface area contributed by atoms with Crippen LogP contribution in [-0.4, -0.2) is 43.1 Å². The van der Waals surface area contributed by atoms with Crippen LogP contribution in [0.15, 0.2) is 47.8 Å². The lowest BCUT2D eigenvalue weighted by molar-refractivity contribution is 0.0948. The van der Waals surface area contributed by atoms with Gasteiger partial charge in [-0.3, -0.25) is 9.69 Å². The summed E-state index contributed by atoms with van der Waals surface area (Å²) in [5, 5.41) is 6.49. The molecule has 0 aliphatic rings. The van der Waals surface area contributed by atoms with Crippen molar-refractivity contribution < 1.29 is 14.3 Å². The summed E-state index contributed by atoms with van der Waals surface area (Å²) < 4.78 is 10.8. The Morgan fingerprint density at radius 1 is 1.00 bits per heavy atom. The van der Waals surface area contributed by atoms with Crippen molar-refractivity contribution >= 4 is 28.8 Å². The van der Waals surface area contributed by atoms with E-state index in [1.165, 1.54) is 29.7 Å². The van der Waals surface area contributed by atoms with Gasteiger partial charge in [0.05, 0.1) is 20.8 Å². The smallest absolute Gasteiger partial charge is 0.270 e. The first-order valence-electron chi connectivity index (χ1n) is 12.4. The Kier molecular flexibility index (Phi) is 11.5. The Morgan fingerprint density at radius 3 is 2.47 bits per heavy atom. The fourth-order valence-electron chi connectivity index (χ4n) is 3.91. The van der Waals surface area contributed by atoms with Gasteiger partial charge in [-0.1, -0.05) is 56.0 Å². The second-order valence-electron chi connectivity index (χ2n) is 8.72. The van der Waals surface area contributed by atoms with Crippen LogP contribution in [0.2, 0.25) is 5.02 Å². The fourth-order valence-corrected chi connectivity index (χ4v) is 4.85. The molecule has 6 nitrogen and oxygen atoms in total. The third-order valence-electron chi connectivity index (χ3n) is 5.94. The number of carbonyl (C=O) groups excluding carboxylic acids is 1. The van der Waals surface area contributed by atoms with Gasteiger partial charge in [0.2, 0.25) is 0 Å². The molecule has 0 aliphatic heterocycles. The number of carbonyl (C=O) groups is 1. The van der Waals surface area contributed by atoms with Crippen LogP contribution < -0.4 is 14.8 Å². The highest BCUT2D eigenvalue weighted by Crippen LogP contribution is 2.28. The average molecular weight is 530 g/mol. The van der Waals surface area contributed by atoms with E-state index in [9.17, 15) is 4.79 Å². The van der Waals surface area contributed by atoms with Crippen molar-refractivity contribution in [2.45, 2.75) is 52.1 Å².